The molecule has 1 aliphatic rings. The third-order valence-electron chi connectivity index (χ3n) is 2.19. The molecule has 0 aliphatic carbocycles. The number of thioether (sulfide) groups is 1. The van der Waals surface area contributed by atoms with E-state index < -0.39 is 0 Å². The van der Waals surface area contributed by atoms with Crippen LogP contribution in [0.1, 0.15) is 20.3 Å². The van der Waals surface area contributed by atoms with Crippen molar-refractivity contribution in [3.05, 3.63) is 0 Å². The highest BCUT2D eigenvalue weighted by atomic mass is 32.2. The Labute approximate surface area is 85.8 Å². The van der Waals surface area contributed by atoms with Gasteiger partial charge in [0.2, 0.25) is 0 Å². The van der Waals surface area contributed by atoms with Crippen LogP contribution in [0.2, 0.25) is 0 Å². The van der Waals surface area contributed by atoms with E-state index in [9.17, 15) is 0 Å². The Morgan fingerprint density at radius 3 is 3.00 bits per heavy atom. The second-order valence-corrected chi connectivity index (χ2v) is 5.00. The maximum absolute atomic E-state index is 5.44. The summed E-state index contributed by atoms with van der Waals surface area (Å²) in [6.45, 7) is 7.17. The van der Waals surface area contributed by atoms with E-state index in [0.29, 0.717) is 6.10 Å². The highest BCUT2D eigenvalue weighted by Crippen LogP contribution is 2.22. The average Bonchev–Trinajstić information content (AvgIpc) is 2.55. The second-order valence-electron chi connectivity index (χ2n) is 3.85. The minimum atomic E-state index is 0.365. The average molecular weight is 203 g/mol. The summed E-state index contributed by atoms with van der Waals surface area (Å²) >= 11 is 2.08. The van der Waals surface area contributed by atoms with Crippen molar-refractivity contribution in [2.75, 3.05) is 31.2 Å². The van der Waals surface area contributed by atoms with E-state index >= 15 is 0 Å². The molecule has 0 aromatic rings. The van der Waals surface area contributed by atoms with Gasteiger partial charge in [-0.15, -0.1) is 0 Å². The first kappa shape index (κ1) is 11.3. The number of rotatable bonds is 6. The Morgan fingerprint density at radius 1 is 1.54 bits per heavy atom. The summed E-state index contributed by atoms with van der Waals surface area (Å²) in [5.41, 5.74) is 0. The van der Waals surface area contributed by atoms with E-state index in [0.717, 1.165) is 19.1 Å². The molecule has 1 unspecified atom stereocenters. The summed E-state index contributed by atoms with van der Waals surface area (Å²) in [6.07, 6.45) is 1.76. The van der Waals surface area contributed by atoms with Crippen LogP contribution in [0, 0.1) is 5.92 Å². The van der Waals surface area contributed by atoms with Gasteiger partial charge in [0.25, 0.3) is 0 Å². The molecule has 1 N–H and O–H groups in total. The molecule has 1 fully saturated rings. The monoisotopic (exact) mass is 203 g/mol. The van der Waals surface area contributed by atoms with Gasteiger partial charge < -0.3 is 10.1 Å². The van der Waals surface area contributed by atoms with Crippen molar-refractivity contribution < 1.29 is 4.74 Å². The molecular weight excluding hydrogens is 182 g/mol. The lowest BCUT2D eigenvalue weighted by molar-refractivity contribution is 0.0805. The molecule has 1 aliphatic heterocycles. The zero-order chi connectivity index (χ0) is 9.52. The van der Waals surface area contributed by atoms with Crippen molar-refractivity contribution in [3.63, 3.8) is 0 Å². The SMILES string of the molecule is CC(C)OCCNCC1CCSC1. The zero-order valence-electron chi connectivity index (χ0n) is 8.71. The molecule has 13 heavy (non-hydrogen) atoms. The van der Waals surface area contributed by atoms with Crippen LogP contribution in [0.25, 0.3) is 0 Å². The fraction of sp³-hybridized carbons (Fsp3) is 1.00. The molecule has 0 aromatic carbocycles. The summed E-state index contributed by atoms with van der Waals surface area (Å²) in [5, 5.41) is 3.44. The van der Waals surface area contributed by atoms with Gasteiger partial charge in [-0.25, -0.2) is 0 Å². The van der Waals surface area contributed by atoms with Gasteiger partial charge in [0.05, 0.1) is 12.7 Å². The molecule has 0 radical (unpaired) electrons. The molecule has 78 valence electrons. The molecule has 2 nitrogen and oxygen atoms in total. The van der Waals surface area contributed by atoms with Crippen molar-refractivity contribution in [2.45, 2.75) is 26.4 Å². The van der Waals surface area contributed by atoms with Crippen LogP contribution in [-0.2, 0) is 4.74 Å². The lowest BCUT2D eigenvalue weighted by atomic mass is 10.1. The van der Waals surface area contributed by atoms with Crippen molar-refractivity contribution in [1.82, 2.24) is 5.32 Å². The molecule has 1 rings (SSSR count). The van der Waals surface area contributed by atoms with Crippen LogP contribution in [0.5, 0.6) is 0 Å². The van der Waals surface area contributed by atoms with Crippen LogP contribution < -0.4 is 5.32 Å². The van der Waals surface area contributed by atoms with Crippen LogP contribution in [0.15, 0.2) is 0 Å². The van der Waals surface area contributed by atoms with Crippen molar-refractivity contribution in [1.29, 1.82) is 0 Å². The highest BCUT2D eigenvalue weighted by Gasteiger charge is 2.14. The maximum atomic E-state index is 5.44. The number of ether oxygens (including phenoxy) is 1. The topological polar surface area (TPSA) is 21.3 Å². The summed E-state index contributed by atoms with van der Waals surface area (Å²) in [5.74, 6) is 3.61. The Kier molecular flexibility index (Phi) is 5.83. The minimum Gasteiger partial charge on any atom is -0.377 e. The van der Waals surface area contributed by atoms with Gasteiger partial charge in [0, 0.05) is 6.54 Å². The fourth-order valence-corrected chi connectivity index (χ4v) is 2.70. The summed E-state index contributed by atoms with van der Waals surface area (Å²) in [4.78, 5) is 0. The van der Waals surface area contributed by atoms with Crippen molar-refractivity contribution in [2.24, 2.45) is 5.92 Å². The molecule has 0 aromatic heterocycles. The van der Waals surface area contributed by atoms with Crippen LogP contribution in [0.4, 0.5) is 0 Å². The summed E-state index contributed by atoms with van der Waals surface area (Å²) < 4.78 is 5.44. The van der Waals surface area contributed by atoms with Gasteiger partial charge in [0.1, 0.15) is 0 Å². The molecule has 1 atom stereocenters. The smallest absolute Gasteiger partial charge is 0.0594 e. The largest absolute Gasteiger partial charge is 0.377 e. The lowest BCUT2D eigenvalue weighted by Gasteiger charge is -2.11. The summed E-state index contributed by atoms with van der Waals surface area (Å²) in [7, 11) is 0. The van der Waals surface area contributed by atoms with Gasteiger partial charge in [-0.1, -0.05) is 0 Å². The molecule has 3 heteroatoms. The summed E-state index contributed by atoms with van der Waals surface area (Å²) in [6, 6.07) is 0. The number of hydrogen-bond donors (Lipinski definition) is 1. The van der Waals surface area contributed by atoms with Gasteiger partial charge in [0.15, 0.2) is 0 Å². The van der Waals surface area contributed by atoms with E-state index in [-0.39, 0.29) is 0 Å². The number of nitrogens with one attached hydrogen (secondary N) is 1. The molecule has 0 saturated carbocycles. The van der Waals surface area contributed by atoms with E-state index in [1.165, 1.54) is 24.5 Å². The number of hydrogen-bond acceptors (Lipinski definition) is 3. The van der Waals surface area contributed by atoms with Gasteiger partial charge in [-0.2, -0.15) is 11.8 Å². The van der Waals surface area contributed by atoms with Crippen LogP contribution in [0.3, 0.4) is 0 Å². The first-order chi connectivity index (χ1) is 6.29. The molecular formula is C10H21NOS. The van der Waals surface area contributed by atoms with Crippen LogP contribution >= 0.6 is 11.8 Å². The predicted molar refractivity (Wildman–Crippen MR) is 59.4 cm³/mol. The zero-order valence-corrected chi connectivity index (χ0v) is 9.53. The Bertz CT molecular complexity index is 124. The second kappa shape index (κ2) is 6.68. The third kappa shape index (κ3) is 5.55. The molecule has 1 saturated heterocycles. The standard InChI is InChI=1S/C10H21NOS/c1-9(2)12-5-4-11-7-10-3-6-13-8-10/h9-11H,3-8H2,1-2H3. The van der Waals surface area contributed by atoms with E-state index in [1.54, 1.807) is 0 Å². The molecule has 0 bridgehead atoms. The predicted octanol–water partition coefficient (Wildman–Crippen LogP) is 1.75. The van der Waals surface area contributed by atoms with Gasteiger partial charge in [-0.05, 0) is 44.2 Å². The highest BCUT2D eigenvalue weighted by molar-refractivity contribution is 7.99. The molecule has 1 heterocycles. The Balaban J connectivity index is 1.83. The van der Waals surface area contributed by atoms with Gasteiger partial charge >= 0.3 is 0 Å². The van der Waals surface area contributed by atoms with E-state index in [4.69, 9.17) is 4.74 Å². The quantitative estimate of drug-likeness (QED) is 0.665. The Hall–Kier alpha value is 0.270. The van der Waals surface area contributed by atoms with Crippen LogP contribution in [-0.4, -0.2) is 37.3 Å². The molecule has 0 spiro atoms. The van der Waals surface area contributed by atoms with E-state index in [1.807, 2.05) is 0 Å². The molecule has 0 amide bonds. The maximum Gasteiger partial charge on any atom is 0.0594 e. The minimum absolute atomic E-state index is 0.365. The first-order valence-electron chi connectivity index (χ1n) is 5.19. The van der Waals surface area contributed by atoms with E-state index in [2.05, 4.69) is 30.9 Å². The van der Waals surface area contributed by atoms with Crippen molar-refractivity contribution >= 4 is 11.8 Å². The fourth-order valence-electron chi connectivity index (χ4n) is 1.42. The first-order valence-corrected chi connectivity index (χ1v) is 6.34. The normalized spacial score (nSPS) is 22.8. The Morgan fingerprint density at radius 2 is 2.38 bits per heavy atom. The third-order valence-corrected chi connectivity index (χ3v) is 3.42. The van der Waals surface area contributed by atoms with Crippen molar-refractivity contribution in [3.8, 4) is 0 Å². The lowest BCUT2D eigenvalue weighted by Crippen LogP contribution is -2.27. The van der Waals surface area contributed by atoms with Gasteiger partial charge in [-0.3, -0.25) is 0 Å².